The second-order valence-electron chi connectivity index (χ2n) is 7.18. The fourth-order valence-electron chi connectivity index (χ4n) is 3.68. The first kappa shape index (κ1) is 25.8. The maximum absolute atomic E-state index is 13.1. The number of alkyl halides is 3. The Morgan fingerprint density at radius 3 is 1.86 bits per heavy atom. The molecule has 0 radical (unpaired) electrons. The fourth-order valence-corrected chi connectivity index (χ4v) is 3.68. The number of hydrogen-bond acceptors (Lipinski definition) is 2. The van der Waals surface area contributed by atoms with Gasteiger partial charge in [-0.25, -0.2) is 0 Å². The van der Waals surface area contributed by atoms with E-state index in [2.05, 4.69) is 34.1 Å². The predicted octanol–water partition coefficient (Wildman–Crippen LogP) is 5.34. The van der Waals surface area contributed by atoms with Crippen LogP contribution in [0.1, 0.15) is 23.1 Å². The molecule has 2 aromatic carbocycles. The largest absolute Gasteiger partial charge is 0.416 e. The van der Waals surface area contributed by atoms with Crippen LogP contribution < -0.4 is 0 Å². The van der Waals surface area contributed by atoms with Gasteiger partial charge in [-0.2, -0.15) is 13.2 Å². The Bertz CT molecular complexity index is 703. The smallest absolute Gasteiger partial charge is 0.301 e. The molecule has 1 saturated heterocycles. The molecular weight excluding hydrogens is 420 g/mol. The van der Waals surface area contributed by atoms with Gasteiger partial charge < -0.3 is 9.80 Å². The van der Waals surface area contributed by atoms with E-state index in [1.54, 1.807) is 12.1 Å². The number of hydrogen-bond donors (Lipinski definition) is 0. The Morgan fingerprint density at radius 2 is 1.24 bits per heavy atom. The molecule has 0 bridgehead atoms. The van der Waals surface area contributed by atoms with Gasteiger partial charge in [0, 0.05) is 32.7 Å². The van der Waals surface area contributed by atoms with Gasteiger partial charge in [0.15, 0.2) is 0 Å². The van der Waals surface area contributed by atoms with Crippen molar-refractivity contribution in [3.63, 3.8) is 0 Å². The monoisotopic (exact) mass is 448 g/mol. The highest BCUT2D eigenvalue weighted by Crippen LogP contribution is 2.32. The molecule has 1 fully saturated rings. The molecule has 3 rings (SSSR count). The van der Waals surface area contributed by atoms with Gasteiger partial charge >= 0.3 is 6.18 Å². The van der Waals surface area contributed by atoms with Crippen LogP contribution in [-0.4, -0.2) is 49.1 Å². The number of piperazine rings is 1. The highest BCUT2D eigenvalue weighted by molar-refractivity contribution is 5.85. The zero-order chi connectivity index (χ0) is 19.1. The van der Waals surface area contributed by atoms with Crippen LogP contribution >= 0.6 is 24.8 Å². The van der Waals surface area contributed by atoms with Crippen molar-refractivity contribution in [1.82, 2.24) is 9.80 Å². The molecule has 1 heterocycles. The predicted molar refractivity (Wildman–Crippen MR) is 117 cm³/mol. The maximum atomic E-state index is 13.1. The van der Waals surface area contributed by atoms with Crippen molar-refractivity contribution in [3.8, 4) is 0 Å². The highest BCUT2D eigenvalue weighted by Gasteiger charge is 2.32. The van der Waals surface area contributed by atoms with Crippen LogP contribution in [0.4, 0.5) is 13.2 Å². The molecule has 1 aliphatic heterocycles. The summed E-state index contributed by atoms with van der Waals surface area (Å²) < 4.78 is 39.3. The van der Waals surface area contributed by atoms with Crippen molar-refractivity contribution >= 4 is 24.8 Å². The summed E-state index contributed by atoms with van der Waals surface area (Å²) in [6, 6.07) is 16.4. The van der Waals surface area contributed by atoms with Crippen LogP contribution in [0.2, 0.25) is 0 Å². The highest BCUT2D eigenvalue weighted by atomic mass is 35.5. The first-order chi connectivity index (χ1) is 13.0. The van der Waals surface area contributed by atoms with Gasteiger partial charge in [0.1, 0.15) is 0 Å². The van der Waals surface area contributed by atoms with E-state index in [1.165, 1.54) is 17.7 Å². The summed E-state index contributed by atoms with van der Waals surface area (Å²) in [6.07, 6.45) is -1.59. The van der Waals surface area contributed by atoms with Gasteiger partial charge in [-0.1, -0.05) is 48.5 Å². The topological polar surface area (TPSA) is 6.48 Å². The average molecular weight is 449 g/mol. The number of halogens is 5. The first-order valence-corrected chi connectivity index (χ1v) is 9.66. The molecule has 0 aromatic heterocycles. The van der Waals surface area contributed by atoms with Gasteiger partial charge in [-0.05, 0) is 43.0 Å². The summed E-state index contributed by atoms with van der Waals surface area (Å²) in [4.78, 5) is 4.74. The number of nitrogens with zero attached hydrogens (tertiary/aromatic N) is 2. The minimum absolute atomic E-state index is 0. The molecule has 0 atom stereocenters. The lowest BCUT2D eigenvalue weighted by atomic mass is 10.0. The van der Waals surface area contributed by atoms with E-state index in [-0.39, 0.29) is 24.8 Å². The third kappa shape index (κ3) is 8.17. The van der Waals surface area contributed by atoms with Crippen molar-refractivity contribution in [2.75, 3.05) is 39.3 Å². The van der Waals surface area contributed by atoms with E-state index in [4.69, 9.17) is 0 Å². The summed E-state index contributed by atoms with van der Waals surface area (Å²) >= 11 is 0. The van der Waals surface area contributed by atoms with Crippen LogP contribution in [0.15, 0.2) is 54.6 Å². The zero-order valence-electron chi connectivity index (χ0n) is 16.4. The molecule has 2 aromatic rings. The Hall–Kier alpha value is -1.27. The molecule has 0 amide bonds. The van der Waals surface area contributed by atoms with E-state index in [0.29, 0.717) is 18.5 Å². The second kappa shape index (κ2) is 12.4. The summed E-state index contributed by atoms with van der Waals surface area (Å²) in [7, 11) is 0. The van der Waals surface area contributed by atoms with Gasteiger partial charge in [0.2, 0.25) is 0 Å². The van der Waals surface area contributed by atoms with Gasteiger partial charge in [0.25, 0.3) is 0 Å². The van der Waals surface area contributed by atoms with Crippen LogP contribution in [0, 0.1) is 0 Å². The number of aryl methyl sites for hydroxylation is 1. The van der Waals surface area contributed by atoms with Crippen molar-refractivity contribution in [1.29, 1.82) is 0 Å². The van der Waals surface area contributed by atoms with Gasteiger partial charge in [-0.3, -0.25) is 0 Å². The van der Waals surface area contributed by atoms with Gasteiger partial charge in [-0.15, -0.1) is 24.8 Å². The SMILES string of the molecule is Cl.Cl.FC(F)(F)c1ccccc1CCN1CCN(CCCc2ccccc2)CC1. The molecule has 0 unspecified atom stereocenters. The lowest BCUT2D eigenvalue weighted by Crippen LogP contribution is -2.47. The van der Waals surface area contributed by atoms with Crippen LogP contribution in [0.25, 0.3) is 0 Å². The summed E-state index contributed by atoms with van der Waals surface area (Å²) in [5.74, 6) is 0. The summed E-state index contributed by atoms with van der Waals surface area (Å²) in [5.41, 5.74) is 1.28. The Labute approximate surface area is 183 Å². The third-order valence-corrected chi connectivity index (χ3v) is 5.27. The molecule has 2 nitrogen and oxygen atoms in total. The number of benzene rings is 2. The molecular formula is C22H29Cl2F3N2. The Kier molecular flexibility index (Phi) is 11.0. The number of rotatable bonds is 7. The molecule has 7 heteroatoms. The first-order valence-electron chi connectivity index (χ1n) is 9.66. The second-order valence-corrected chi connectivity index (χ2v) is 7.18. The van der Waals surface area contributed by atoms with Crippen molar-refractivity contribution in [2.24, 2.45) is 0 Å². The van der Waals surface area contributed by atoms with E-state index in [9.17, 15) is 13.2 Å². The zero-order valence-corrected chi connectivity index (χ0v) is 18.0. The maximum Gasteiger partial charge on any atom is 0.416 e. The normalized spacial score (nSPS) is 15.4. The molecule has 0 aliphatic carbocycles. The van der Waals surface area contributed by atoms with E-state index in [1.807, 2.05) is 6.07 Å². The summed E-state index contributed by atoms with van der Waals surface area (Å²) in [6.45, 7) is 5.62. The Balaban J connectivity index is 0.00000210. The Morgan fingerprint density at radius 1 is 0.690 bits per heavy atom. The molecule has 0 spiro atoms. The van der Waals surface area contributed by atoms with E-state index >= 15 is 0 Å². The molecule has 0 saturated carbocycles. The van der Waals surface area contributed by atoms with E-state index in [0.717, 1.165) is 45.6 Å². The van der Waals surface area contributed by atoms with Crippen molar-refractivity contribution < 1.29 is 13.2 Å². The quantitative estimate of drug-likeness (QED) is 0.563. The molecule has 29 heavy (non-hydrogen) atoms. The van der Waals surface area contributed by atoms with Crippen molar-refractivity contribution in [2.45, 2.75) is 25.4 Å². The van der Waals surface area contributed by atoms with Gasteiger partial charge in [0.05, 0.1) is 5.56 Å². The minimum atomic E-state index is -4.27. The third-order valence-electron chi connectivity index (χ3n) is 5.27. The lowest BCUT2D eigenvalue weighted by Gasteiger charge is -2.34. The van der Waals surface area contributed by atoms with Crippen molar-refractivity contribution in [3.05, 3.63) is 71.3 Å². The van der Waals surface area contributed by atoms with Crippen LogP contribution in [-0.2, 0) is 19.0 Å². The van der Waals surface area contributed by atoms with E-state index < -0.39 is 11.7 Å². The minimum Gasteiger partial charge on any atom is -0.301 e. The fraction of sp³-hybridized carbons (Fsp3) is 0.455. The average Bonchev–Trinajstić information content (AvgIpc) is 2.68. The lowest BCUT2D eigenvalue weighted by molar-refractivity contribution is -0.138. The standard InChI is InChI=1S/C22H27F3N2.2ClH/c23-22(24,25)21-11-5-4-10-20(21)12-14-27-17-15-26(16-18-27)13-6-9-19-7-2-1-3-8-19;;/h1-5,7-8,10-11H,6,9,12-18H2;2*1H. The molecule has 0 N–H and O–H groups in total. The summed E-state index contributed by atoms with van der Waals surface area (Å²) in [5, 5.41) is 0. The van der Waals surface area contributed by atoms with Crippen LogP contribution in [0.3, 0.4) is 0 Å². The molecule has 162 valence electrons. The van der Waals surface area contributed by atoms with Crippen LogP contribution in [0.5, 0.6) is 0 Å². The molecule has 1 aliphatic rings.